The SMILES string of the molecule is Nc1cc(Cl)cc2c1NC(=O)C2.O=C1Cc2cc(Cl)cc([N+](=O)[O-])c2N1.O=C1Cc2cc(Cl)ccc2N1. The van der Waals surface area contributed by atoms with Crippen molar-refractivity contribution in [3.8, 4) is 0 Å². The molecule has 190 valence electrons. The number of benzene rings is 3. The highest BCUT2D eigenvalue weighted by Crippen LogP contribution is 2.36. The molecule has 0 aromatic heterocycles. The van der Waals surface area contributed by atoms with Crippen LogP contribution in [0.4, 0.5) is 28.4 Å². The van der Waals surface area contributed by atoms with Gasteiger partial charge >= 0.3 is 0 Å². The van der Waals surface area contributed by atoms with E-state index in [1.54, 1.807) is 24.3 Å². The average Bonchev–Trinajstić information content (AvgIpc) is 3.48. The molecule has 3 amide bonds. The van der Waals surface area contributed by atoms with Gasteiger partial charge in [0.2, 0.25) is 17.7 Å². The van der Waals surface area contributed by atoms with E-state index in [9.17, 15) is 24.5 Å². The number of nitrogen functional groups attached to an aromatic ring is 1. The number of fused-ring (bicyclic) bond motifs is 3. The lowest BCUT2D eigenvalue weighted by atomic mass is 10.1. The molecule has 0 aliphatic carbocycles. The van der Waals surface area contributed by atoms with Crippen molar-refractivity contribution in [1.29, 1.82) is 0 Å². The van der Waals surface area contributed by atoms with Gasteiger partial charge in [-0.15, -0.1) is 0 Å². The van der Waals surface area contributed by atoms with E-state index in [0.717, 1.165) is 16.8 Å². The van der Waals surface area contributed by atoms with Crippen LogP contribution in [-0.4, -0.2) is 22.6 Å². The van der Waals surface area contributed by atoms with Crippen molar-refractivity contribution in [3.63, 3.8) is 0 Å². The monoisotopic (exact) mass is 561 g/mol. The van der Waals surface area contributed by atoms with Crippen molar-refractivity contribution in [1.82, 2.24) is 0 Å². The van der Waals surface area contributed by atoms with Gasteiger partial charge in [0.1, 0.15) is 5.69 Å². The zero-order chi connectivity index (χ0) is 26.9. The third-order valence-corrected chi connectivity index (χ3v) is 6.17. The maximum absolute atomic E-state index is 11.0. The molecule has 0 radical (unpaired) electrons. The number of hydrogen-bond acceptors (Lipinski definition) is 6. The fourth-order valence-electron chi connectivity index (χ4n) is 3.96. The van der Waals surface area contributed by atoms with Gasteiger partial charge in [-0.1, -0.05) is 34.8 Å². The Labute approximate surface area is 225 Å². The van der Waals surface area contributed by atoms with Crippen LogP contribution in [0.15, 0.2) is 42.5 Å². The molecule has 5 N–H and O–H groups in total. The molecular formula is C24H18Cl3N5O5. The Bertz CT molecular complexity index is 1480. The molecule has 3 aromatic carbocycles. The van der Waals surface area contributed by atoms with Crippen LogP contribution in [0.25, 0.3) is 0 Å². The van der Waals surface area contributed by atoms with Gasteiger partial charge in [0.05, 0.1) is 35.6 Å². The second kappa shape index (κ2) is 10.6. The summed E-state index contributed by atoms with van der Waals surface area (Å²) in [5.74, 6) is -0.230. The number of nitrogens with one attached hydrogen (secondary N) is 3. The highest BCUT2D eigenvalue weighted by atomic mass is 35.5. The average molecular weight is 563 g/mol. The molecule has 13 heteroatoms. The second-order valence-corrected chi connectivity index (χ2v) is 9.53. The van der Waals surface area contributed by atoms with Crippen molar-refractivity contribution >= 4 is 81.0 Å². The van der Waals surface area contributed by atoms with E-state index in [2.05, 4.69) is 16.0 Å². The van der Waals surface area contributed by atoms with Crippen LogP contribution in [0, 0.1) is 10.1 Å². The highest BCUT2D eigenvalue weighted by molar-refractivity contribution is 6.32. The number of nitrogens with zero attached hydrogens (tertiary/aromatic N) is 1. The van der Waals surface area contributed by atoms with Crippen LogP contribution >= 0.6 is 34.8 Å². The van der Waals surface area contributed by atoms with Gasteiger partial charge in [-0.2, -0.15) is 0 Å². The molecule has 3 heterocycles. The zero-order valence-corrected chi connectivity index (χ0v) is 21.1. The summed E-state index contributed by atoms with van der Waals surface area (Å²) in [6, 6.07) is 11.6. The van der Waals surface area contributed by atoms with E-state index >= 15 is 0 Å². The molecule has 37 heavy (non-hydrogen) atoms. The molecule has 3 aromatic rings. The topological polar surface area (TPSA) is 156 Å². The zero-order valence-electron chi connectivity index (χ0n) is 18.9. The van der Waals surface area contributed by atoms with Crippen molar-refractivity contribution < 1.29 is 19.3 Å². The lowest BCUT2D eigenvalue weighted by molar-refractivity contribution is -0.383. The molecule has 3 aliphatic rings. The Morgan fingerprint density at radius 1 is 0.703 bits per heavy atom. The van der Waals surface area contributed by atoms with E-state index in [1.165, 1.54) is 6.07 Å². The Hall–Kier alpha value is -3.86. The van der Waals surface area contributed by atoms with Crippen LogP contribution < -0.4 is 21.7 Å². The summed E-state index contributed by atoms with van der Waals surface area (Å²) in [6.07, 6.45) is 0.979. The van der Waals surface area contributed by atoms with Gasteiger partial charge in [-0.3, -0.25) is 24.5 Å². The third kappa shape index (κ3) is 6.11. The van der Waals surface area contributed by atoms with Crippen LogP contribution in [0.2, 0.25) is 15.1 Å². The molecule has 6 rings (SSSR count). The third-order valence-electron chi connectivity index (χ3n) is 5.50. The first-order valence-corrected chi connectivity index (χ1v) is 11.9. The normalized spacial score (nSPS) is 14.1. The van der Waals surface area contributed by atoms with E-state index < -0.39 is 4.92 Å². The summed E-state index contributed by atoms with van der Waals surface area (Å²) in [5, 5.41) is 20.0. The predicted molar refractivity (Wildman–Crippen MR) is 142 cm³/mol. The Kier molecular flexibility index (Phi) is 7.53. The van der Waals surface area contributed by atoms with Gasteiger partial charge in [-0.05, 0) is 53.1 Å². The van der Waals surface area contributed by atoms with E-state index in [4.69, 9.17) is 40.5 Å². The predicted octanol–water partition coefficient (Wildman–Crippen LogP) is 4.99. The highest BCUT2D eigenvalue weighted by Gasteiger charge is 2.27. The second-order valence-electron chi connectivity index (χ2n) is 8.22. The fraction of sp³-hybridized carbons (Fsp3) is 0.125. The van der Waals surface area contributed by atoms with E-state index in [1.807, 2.05) is 12.1 Å². The molecule has 0 atom stereocenters. The summed E-state index contributed by atoms with van der Waals surface area (Å²) in [7, 11) is 0. The molecule has 0 fully saturated rings. The molecule has 0 saturated heterocycles. The summed E-state index contributed by atoms with van der Waals surface area (Å²) < 4.78 is 0. The number of carbonyl (C=O) groups excluding carboxylic acids is 3. The van der Waals surface area contributed by atoms with Crippen LogP contribution in [0.3, 0.4) is 0 Å². The summed E-state index contributed by atoms with van der Waals surface area (Å²) >= 11 is 17.2. The van der Waals surface area contributed by atoms with E-state index in [-0.39, 0.29) is 40.5 Å². The minimum Gasteiger partial charge on any atom is -0.397 e. The molecule has 0 bridgehead atoms. The molecular weight excluding hydrogens is 545 g/mol. The van der Waals surface area contributed by atoms with Gasteiger partial charge in [0, 0.05) is 26.8 Å². The number of nitrogens with two attached hydrogens (primary N) is 1. The molecule has 3 aliphatic heterocycles. The van der Waals surface area contributed by atoms with Gasteiger partial charge in [-0.25, -0.2) is 0 Å². The first kappa shape index (κ1) is 26.2. The minimum absolute atomic E-state index is 0.0287. The standard InChI is InChI=1S/C8H5ClN2O3.C8H7ClN2O.C8H6ClNO/c9-5-1-4-2-7(12)10-8(4)6(3-5)11(13)14;9-5-1-4-2-7(12)11-8(4)6(10)3-5;9-6-1-2-7-5(3-6)4-8(11)10-7/h1,3H,2H2,(H,10,12);1,3H,2,10H2,(H,11,12);1-3H,4H2,(H,10,11). The first-order valence-electron chi connectivity index (χ1n) is 10.7. The number of nitro groups is 1. The van der Waals surface area contributed by atoms with E-state index in [0.29, 0.717) is 39.8 Å². The maximum atomic E-state index is 11.0. The first-order chi connectivity index (χ1) is 17.5. The number of amides is 3. The molecule has 0 unspecified atom stereocenters. The fourth-order valence-corrected chi connectivity index (χ4v) is 4.64. The Balaban J connectivity index is 0.000000131. The number of anilines is 4. The quantitative estimate of drug-likeness (QED) is 0.186. The Morgan fingerprint density at radius 2 is 1.22 bits per heavy atom. The largest absolute Gasteiger partial charge is 0.397 e. The van der Waals surface area contributed by atoms with Crippen LogP contribution in [-0.2, 0) is 33.6 Å². The number of carbonyl (C=O) groups is 3. The molecule has 10 nitrogen and oxygen atoms in total. The molecule has 0 spiro atoms. The van der Waals surface area contributed by atoms with Crippen molar-refractivity contribution in [3.05, 3.63) is 84.3 Å². The molecule has 0 saturated carbocycles. The number of hydrogen-bond donors (Lipinski definition) is 4. The van der Waals surface area contributed by atoms with Crippen molar-refractivity contribution in [2.45, 2.75) is 19.3 Å². The lowest BCUT2D eigenvalue weighted by Gasteiger charge is -2.02. The van der Waals surface area contributed by atoms with Crippen molar-refractivity contribution in [2.24, 2.45) is 0 Å². The lowest BCUT2D eigenvalue weighted by Crippen LogP contribution is -2.04. The number of nitro benzene ring substituents is 1. The Morgan fingerprint density at radius 3 is 1.86 bits per heavy atom. The number of halogens is 3. The smallest absolute Gasteiger partial charge is 0.294 e. The maximum Gasteiger partial charge on any atom is 0.294 e. The van der Waals surface area contributed by atoms with Crippen LogP contribution in [0.5, 0.6) is 0 Å². The summed E-state index contributed by atoms with van der Waals surface area (Å²) in [4.78, 5) is 42.9. The van der Waals surface area contributed by atoms with Gasteiger partial charge < -0.3 is 21.7 Å². The number of rotatable bonds is 1. The minimum atomic E-state index is -0.559. The summed E-state index contributed by atoms with van der Waals surface area (Å²) in [6.45, 7) is 0. The van der Waals surface area contributed by atoms with Crippen LogP contribution in [0.1, 0.15) is 16.7 Å². The summed E-state index contributed by atoms with van der Waals surface area (Å²) in [5.41, 5.74) is 10.3. The van der Waals surface area contributed by atoms with Gasteiger partial charge in [0.25, 0.3) is 5.69 Å². The van der Waals surface area contributed by atoms with Crippen molar-refractivity contribution in [2.75, 3.05) is 21.7 Å². The van der Waals surface area contributed by atoms with Gasteiger partial charge in [0.15, 0.2) is 0 Å².